The number of amides is 1. The van der Waals surface area contributed by atoms with Crippen LogP contribution in [-0.2, 0) is 12.8 Å². The van der Waals surface area contributed by atoms with Crippen molar-refractivity contribution < 1.29 is 9.53 Å². The van der Waals surface area contributed by atoms with Crippen LogP contribution in [0.15, 0.2) is 12.3 Å². The molecule has 0 unspecified atom stereocenters. The van der Waals surface area contributed by atoms with E-state index < -0.39 is 0 Å². The summed E-state index contributed by atoms with van der Waals surface area (Å²) in [6, 6.07) is 3.78. The Bertz CT molecular complexity index is 886. The zero-order valence-electron chi connectivity index (χ0n) is 14.9. The normalized spacial score (nSPS) is 16.1. The second-order valence-electron chi connectivity index (χ2n) is 6.80. The van der Waals surface area contributed by atoms with Crippen molar-refractivity contribution >= 4 is 33.8 Å². The summed E-state index contributed by atoms with van der Waals surface area (Å²) in [6.45, 7) is 5.96. The lowest BCUT2D eigenvalue weighted by molar-refractivity contribution is 0.102. The minimum Gasteiger partial charge on any atom is -0.474 e. The van der Waals surface area contributed by atoms with Crippen molar-refractivity contribution in [3.8, 4) is 11.9 Å². The van der Waals surface area contributed by atoms with Crippen molar-refractivity contribution in [2.75, 3.05) is 5.32 Å². The molecule has 1 N–H and O–H groups in total. The second-order valence-corrected chi connectivity index (χ2v) is 8.31. The highest BCUT2D eigenvalue weighted by molar-refractivity contribution is 7.16. The van der Waals surface area contributed by atoms with Gasteiger partial charge in [-0.2, -0.15) is 5.26 Å². The molecule has 0 aliphatic heterocycles. The molecule has 1 atom stereocenters. The molecule has 26 heavy (non-hydrogen) atoms. The lowest BCUT2D eigenvalue weighted by Gasteiger charge is -2.17. The number of nitriles is 1. The Morgan fingerprint density at radius 3 is 2.96 bits per heavy atom. The molecular weight excluding hydrogens is 370 g/mol. The molecule has 2 aromatic heterocycles. The number of hydrogen-bond acceptors (Lipinski definition) is 5. The summed E-state index contributed by atoms with van der Waals surface area (Å²) in [5.41, 5.74) is 2.00. The van der Waals surface area contributed by atoms with Gasteiger partial charge in [-0.3, -0.25) is 4.79 Å². The number of fused-ring (bicyclic) bond motifs is 1. The molecule has 1 aliphatic carbocycles. The molecule has 3 rings (SSSR count). The standard InChI is InChI=1S/C19H20ClN3O2S/c1-10(2)25-18-15(20)7-12(9-22-18)17(24)23-19-14(8-21)13-5-4-11(3)6-16(13)26-19/h7,9-11H,4-6H2,1-3H3,(H,23,24)/t11-/m0/s1. The number of thiophene rings is 1. The third-order valence-corrected chi connectivity index (χ3v) is 5.71. The Morgan fingerprint density at radius 1 is 1.54 bits per heavy atom. The van der Waals surface area contributed by atoms with E-state index in [2.05, 4.69) is 23.3 Å². The van der Waals surface area contributed by atoms with E-state index in [4.69, 9.17) is 16.3 Å². The Kier molecular flexibility index (Phi) is 5.49. The Morgan fingerprint density at radius 2 is 2.31 bits per heavy atom. The largest absolute Gasteiger partial charge is 0.474 e. The van der Waals surface area contributed by atoms with Crippen molar-refractivity contribution in [2.24, 2.45) is 5.92 Å². The van der Waals surface area contributed by atoms with Crippen LogP contribution in [0, 0.1) is 17.2 Å². The number of pyridine rings is 1. The van der Waals surface area contributed by atoms with Crippen LogP contribution in [0.25, 0.3) is 0 Å². The van der Waals surface area contributed by atoms with Gasteiger partial charge in [-0.05, 0) is 50.7 Å². The molecule has 0 radical (unpaired) electrons. The van der Waals surface area contributed by atoms with E-state index in [1.807, 2.05) is 13.8 Å². The van der Waals surface area contributed by atoms with Crippen LogP contribution in [0.5, 0.6) is 5.88 Å². The summed E-state index contributed by atoms with van der Waals surface area (Å²) in [6.07, 6.45) is 4.29. The SMILES string of the molecule is CC(C)Oc1ncc(C(=O)Nc2sc3c(c2C#N)CC[C@H](C)C3)cc1Cl. The summed E-state index contributed by atoms with van der Waals surface area (Å²) in [7, 11) is 0. The molecule has 0 saturated carbocycles. The van der Waals surface area contributed by atoms with Gasteiger partial charge >= 0.3 is 0 Å². The third kappa shape index (κ3) is 3.84. The van der Waals surface area contributed by atoms with Crippen molar-refractivity contribution in [3.05, 3.63) is 38.9 Å². The monoisotopic (exact) mass is 389 g/mol. The number of carbonyl (C=O) groups is 1. The number of rotatable bonds is 4. The average Bonchev–Trinajstić information content (AvgIpc) is 2.92. The quantitative estimate of drug-likeness (QED) is 0.812. The number of ether oxygens (including phenoxy) is 1. The highest BCUT2D eigenvalue weighted by atomic mass is 35.5. The van der Waals surface area contributed by atoms with Crippen molar-refractivity contribution in [2.45, 2.75) is 46.1 Å². The summed E-state index contributed by atoms with van der Waals surface area (Å²) in [5.74, 6) is 0.572. The predicted molar refractivity (Wildman–Crippen MR) is 103 cm³/mol. The summed E-state index contributed by atoms with van der Waals surface area (Å²) < 4.78 is 5.48. The fourth-order valence-electron chi connectivity index (χ4n) is 2.99. The van der Waals surface area contributed by atoms with Gasteiger partial charge in [0.1, 0.15) is 16.1 Å². The van der Waals surface area contributed by atoms with Crippen LogP contribution < -0.4 is 10.1 Å². The van der Waals surface area contributed by atoms with Gasteiger partial charge in [-0.1, -0.05) is 18.5 Å². The van der Waals surface area contributed by atoms with Gasteiger partial charge in [0.25, 0.3) is 5.91 Å². The van der Waals surface area contributed by atoms with Crippen molar-refractivity contribution in [3.63, 3.8) is 0 Å². The van der Waals surface area contributed by atoms with Gasteiger partial charge in [0.15, 0.2) is 0 Å². The van der Waals surface area contributed by atoms with E-state index in [0.29, 0.717) is 27.9 Å². The average molecular weight is 390 g/mol. The van der Waals surface area contributed by atoms with Crippen LogP contribution in [-0.4, -0.2) is 17.0 Å². The van der Waals surface area contributed by atoms with Crippen molar-refractivity contribution in [1.29, 1.82) is 5.26 Å². The van der Waals surface area contributed by atoms with Gasteiger partial charge in [0.05, 0.1) is 17.2 Å². The second kappa shape index (κ2) is 7.65. The molecule has 0 spiro atoms. The minimum atomic E-state index is -0.335. The van der Waals surface area contributed by atoms with E-state index in [0.717, 1.165) is 24.8 Å². The number of aromatic nitrogens is 1. The topological polar surface area (TPSA) is 75.0 Å². The molecule has 2 aromatic rings. The van der Waals surface area contributed by atoms with E-state index in [9.17, 15) is 10.1 Å². The Labute approximate surface area is 162 Å². The zero-order chi connectivity index (χ0) is 18.8. The van der Waals surface area contributed by atoms with Crippen LogP contribution in [0.1, 0.15) is 53.6 Å². The lowest BCUT2D eigenvalue weighted by Crippen LogP contribution is -2.13. The Balaban J connectivity index is 1.83. The highest BCUT2D eigenvalue weighted by Gasteiger charge is 2.25. The molecule has 5 nitrogen and oxygen atoms in total. The molecule has 0 aromatic carbocycles. The highest BCUT2D eigenvalue weighted by Crippen LogP contribution is 2.39. The number of anilines is 1. The number of carbonyl (C=O) groups excluding carboxylic acids is 1. The number of halogens is 1. The zero-order valence-corrected chi connectivity index (χ0v) is 16.5. The first kappa shape index (κ1) is 18.7. The first-order chi connectivity index (χ1) is 12.4. The molecule has 1 amide bonds. The molecule has 0 fully saturated rings. The van der Waals surface area contributed by atoms with Gasteiger partial charge in [0.2, 0.25) is 5.88 Å². The van der Waals surface area contributed by atoms with Gasteiger partial charge in [-0.25, -0.2) is 4.98 Å². The third-order valence-electron chi connectivity index (χ3n) is 4.27. The number of nitrogens with one attached hydrogen (secondary N) is 1. The maximum atomic E-state index is 12.6. The van der Waals surface area contributed by atoms with Gasteiger partial charge < -0.3 is 10.1 Å². The predicted octanol–water partition coefficient (Wildman–Crippen LogP) is 4.83. The molecule has 1 aliphatic rings. The fourth-order valence-corrected chi connectivity index (χ4v) is 4.56. The smallest absolute Gasteiger partial charge is 0.257 e. The number of nitrogens with zero attached hydrogens (tertiary/aromatic N) is 2. The molecule has 136 valence electrons. The van der Waals surface area contributed by atoms with Crippen molar-refractivity contribution in [1.82, 2.24) is 4.98 Å². The maximum Gasteiger partial charge on any atom is 0.257 e. The van der Waals surface area contributed by atoms with E-state index in [1.165, 1.54) is 28.5 Å². The van der Waals surface area contributed by atoms with E-state index in [1.54, 1.807) is 0 Å². The number of hydrogen-bond donors (Lipinski definition) is 1. The Hall–Kier alpha value is -2.10. The van der Waals surface area contributed by atoms with E-state index in [-0.39, 0.29) is 17.0 Å². The van der Waals surface area contributed by atoms with E-state index >= 15 is 0 Å². The van der Waals surface area contributed by atoms with Crippen LogP contribution in [0.2, 0.25) is 5.02 Å². The van der Waals surface area contributed by atoms with Crippen LogP contribution in [0.3, 0.4) is 0 Å². The minimum absolute atomic E-state index is 0.0577. The van der Waals surface area contributed by atoms with Crippen LogP contribution >= 0.6 is 22.9 Å². The first-order valence-corrected chi connectivity index (χ1v) is 9.76. The van der Waals surface area contributed by atoms with Gasteiger partial charge in [0, 0.05) is 11.1 Å². The molecule has 7 heteroatoms. The lowest BCUT2D eigenvalue weighted by atomic mass is 9.88. The summed E-state index contributed by atoms with van der Waals surface area (Å²) in [5, 5.41) is 13.3. The summed E-state index contributed by atoms with van der Waals surface area (Å²) >= 11 is 7.66. The maximum absolute atomic E-state index is 12.6. The summed E-state index contributed by atoms with van der Waals surface area (Å²) in [4.78, 5) is 17.9. The van der Waals surface area contributed by atoms with Gasteiger partial charge in [-0.15, -0.1) is 11.3 Å². The first-order valence-electron chi connectivity index (χ1n) is 8.57. The molecule has 2 heterocycles. The fraction of sp³-hybridized carbons (Fsp3) is 0.421. The molecular formula is C19H20ClN3O2S. The van der Waals surface area contributed by atoms with Crippen LogP contribution in [0.4, 0.5) is 5.00 Å². The molecule has 0 saturated heterocycles. The molecule has 0 bridgehead atoms.